The summed E-state index contributed by atoms with van der Waals surface area (Å²) >= 11 is 0. The molecule has 3 heterocycles. The van der Waals surface area contributed by atoms with Crippen LogP contribution in [0, 0.1) is 5.92 Å². The normalized spacial score (nSPS) is 21.3. The molecule has 4 rings (SSSR count). The van der Waals surface area contributed by atoms with Crippen LogP contribution >= 0.6 is 0 Å². The van der Waals surface area contributed by atoms with E-state index in [2.05, 4.69) is 37.6 Å². The minimum Gasteiger partial charge on any atom is -0.393 e. The lowest BCUT2D eigenvalue weighted by Crippen LogP contribution is -2.36. The largest absolute Gasteiger partial charge is 0.393 e. The Morgan fingerprint density at radius 1 is 1.06 bits per heavy atom. The van der Waals surface area contributed by atoms with Crippen molar-refractivity contribution in [2.45, 2.75) is 75.3 Å². The Morgan fingerprint density at radius 2 is 1.83 bits per heavy atom. The molecule has 0 radical (unpaired) electrons. The minimum absolute atomic E-state index is 0.148. The number of nitrogens with zero attached hydrogens (tertiary/aromatic N) is 3. The zero-order valence-electron chi connectivity index (χ0n) is 21.0. The number of rotatable bonds is 11. The number of sulfonamides is 1. The van der Waals surface area contributed by atoms with Gasteiger partial charge in [0.1, 0.15) is 10.7 Å². The molecule has 2 aromatic rings. The molecule has 1 saturated carbocycles. The van der Waals surface area contributed by atoms with E-state index in [0.29, 0.717) is 35.5 Å². The molecule has 5 N–H and O–H groups in total. The zero-order chi connectivity index (χ0) is 25.4. The molecule has 0 aromatic carbocycles. The van der Waals surface area contributed by atoms with Crippen LogP contribution in [0.5, 0.6) is 0 Å². The highest BCUT2D eigenvalue weighted by atomic mass is 32.2. The molecule has 0 atom stereocenters. The van der Waals surface area contributed by atoms with Gasteiger partial charge in [0, 0.05) is 31.5 Å². The number of nitrogens with one attached hydrogen (secondary N) is 4. The molecule has 2 fully saturated rings. The second-order valence-corrected chi connectivity index (χ2v) is 11.6. The Bertz CT molecular complexity index is 1070. The van der Waals surface area contributed by atoms with Gasteiger partial charge < -0.3 is 21.1 Å². The summed E-state index contributed by atoms with van der Waals surface area (Å²) in [6, 6.07) is 3.49. The van der Waals surface area contributed by atoms with Crippen LogP contribution in [-0.4, -0.2) is 66.8 Å². The Morgan fingerprint density at radius 3 is 2.53 bits per heavy atom. The molecular weight excluding hydrogens is 478 g/mol. The molecule has 2 aliphatic rings. The van der Waals surface area contributed by atoms with Gasteiger partial charge in [-0.15, -0.1) is 0 Å². The van der Waals surface area contributed by atoms with Crippen molar-refractivity contribution >= 4 is 21.8 Å². The number of aromatic nitrogens is 3. The van der Waals surface area contributed by atoms with Crippen LogP contribution in [0.3, 0.4) is 0 Å². The van der Waals surface area contributed by atoms with Crippen molar-refractivity contribution in [3.8, 4) is 11.3 Å². The Balaban J connectivity index is 1.50. The number of aliphatic hydroxyl groups is 1. The van der Waals surface area contributed by atoms with Gasteiger partial charge in [0.25, 0.3) is 0 Å². The number of anilines is 2. The fourth-order valence-corrected chi connectivity index (χ4v) is 5.71. The van der Waals surface area contributed by atoms with Crippen LogP contribution in [0.1, 0.15) is 58.3 Å². The van der Waals surface area contributed by atoms with Crippen molar-refractivity contribution < 1.29 is 13.5 Å². The van der Waals surface area contributed by atoms with Crippen molar-refractivity contribution in [3.63, 3.8) is 0 Å². The first-order valence-corrected chi connectivity index (χ1v) is 14.6. The number of hydrogen-bond donors (Lipinski definition) is 5. The van der Waals surface area contributed by atoms with Crippen LogP contribution in [0.15, 0.2) is 29.4 Å². The van der Waals surface area contributed by atoms with E-state index in [4.69, 9.17) is 4.98 Å². The van der Waals surface area contributed by atoms with E-state index >= 15 is 0 Å². The molecule has 0 spiro atoms. The van der Waals surface area contributed by atoms with Crippen molar-refractivity contribution in [3.05, 3.63) is 24.5 Å². The van der Waals surface area contributed by atoms with Crippen molar-refractivity contribution in [2.75, 3.05) is 36.8 Å². The van der Waals surface area contributed by atoms with Gasteiger partial charge in [-0.3, -0.25) is 4.98 Å². The van der Waals surface area contributed by atoms with Gasteiger partial charge in [-0.05, 0) is 76.1 Å². The summed E-state index contributed by atoms with van der Waals surface area (Å²) in [6.07, 6.45) is 10.2. The highest BCUT2D eigenvalue weighted by Gasteiger charge is 2.23. The summed E-state index contributed by atoms with van der Waals surface area (Å²) in [5.74, 6) is 1.56. The van der Waals surface area contributed by atoms with Crippen LogP contribution in [-0.2, 0) is 10.0 Å². The first-order chi connectivity index (χ1) is 17.4. The van der Waals surface area contributed by atoms with E-state index in [9.17, 15) is 13.5 Å². The van der Waals surface area contributed by atoms with Gasteiger partial charge in [0.2, 0.25) is 16.0 Å². The Kier molecular flexibility index (Phi) is 9.47. The monoisotopic (exact) mass is 517 g/mol. The average Bonchev–Trinajstić information content (AvgIpc) is 2.90. The summed E-state index contributed by atoms with van der Waals surface area (Å²) in [5.41, 5.74) is 1.32. The predicted molar refractivity (Wildman–Crippen MR) is 141 cm³/mol. The van der Waals surface area contributed by atoms with Gasteiger partial charge in [-0.1, -0.05) is 13.3 Å². The maximum Gasteiger partial charge on any atom is 0.242 e. The van der Waals surface area contributed by atoms with Gasteiger partial charge in [-0.2, -0.15) is 4.98 Å². The minimum atomic E-state index is -3.63. The standard InChI is InChI=1S/C25H39N7O3S/c1-2-3-12-27-25-29-17-22(24(32-25)31-19-4-6-20(33)7-5-19)23-9-8-21(16-28-23)36(34,35)30-15-18-10-13-26-14-11-18/h8-9,16-20,26,30,33H,2-7,10-15H2,1H3,(H2,27,29,31,32)/t19-,20-. The van der Waals surface area contributed by atoms with E-state index < -0.39 is 10.0 Å². The molecule has 1 aliphatic heterocycles. The summed E-state index contributed by atoms with van der Waals surface area (Å²) in [5, 5.41) is 19.9. The molecule has 11 heteroatoms. The molecule has 2 aromatic heterocycles. The molecule has 1 saturated heterocycles. The highest BCUT2D eigenvalue weighted by Crippen LogP contribution is 2.29. The maximum atomic E-state index is 12.8. The molecule has 0 unspecified atom stereocenters. The number of unbranched alkanes of at least 4 members (excludes halogenated alkanes) is 1. The average molecular weight is 518 g/mol. The fourth-order valence-electron chi connectivity index (χ4n) is 4.65. The second kappa shape index (κ2) is 12.8. The third-order valence-electron chi connectivity index (χ3n) is 6.98. The Hall–Kier alpha value is -2.34. The van der Waals surface area contributed by atoms with E-state index in [0.717, 1.165) is 71.0 Å². The fraction of sp³-hybridized carbons (Fsp3) is 0.640. The number of aliphatic hydroxyl groups excluding tert-OH is 1. The topological polar surface area (TPSA) is 141 Å². The predicted octanol–water partition coefficient (Wildman–Crippen LogP) is 2.74. The number of hydrogen-bond acceptors (Lipinski definition) is 9. The quantitative estimate of drug-likeness (QED) is 0.284. The molecule has 0 amide bonds. The van der Waals surface area contributed by atoms with E-state index in [1.165, 1.54) is 6.20 Å². The number of piperidine rings is 1. The van der Waals surface area contributed by atoms with Crippen molar-refractivity contribution in [1.82, 2.24) is 25.0 Å². The van der Waals surface area contributed by atoms with Crippen LogP contribution in [0.2, 0.25) is 0 Å². The van der Waals surface area contributed by atoms with Gasteiger partial charge in [0.15, 0.2) is 0 Å². The summed E-state index contributed by atoms with van der Waals surface area (Å²) < 4.78 is 28.4. The summed E-state index contributed by atoms with van der Waals surface area (Å²) in [4.78, 5) is 13.8. The maximum absolute atomic E-state index is 12.8. The summed E-state index contributed by atoms with van der Waals surface area (Å²) in [6.45, 7) is 5.22. The number of pyridine rings is 1. The second-order valence-electron chi connectivity index (χ2n) is 9.81. The first-order valence-electron chi connectivity index (χ1n) is 13.2. The third kappa shape index (κ3) is 7.34. The summed E-state index contributed by atoms with van der Waals surface area (Å²) in [7, 11) is -3.63. The first kappa shape index (κ1) is 26.7. The van der Waals surface area contributed by atoms with Gasteiger partial charge >= 0.3 is 0 Å². The SMILES string of the molecule is CCCCNc1ncc(-c2ccc(S(=O)(=O)NCC3CCNCC3)cn2)c(N[C@H]2CC[C@H](O)CC2)n1. The molecule has 10 nitrogen and oxygen atoms in total. The smallest absolute Gasteiger partial charge is 0.242 e. The van der Waals surface area contributed by atoms with Crippen LogP contribution in [0.25, 0.3) is 11.3 Å². The highest BCUT2D eigenvalue weighted by molar-refractivity contribution is 7.89. The zero-order valence-corrected chi connectivity index (χ0v) is 21.9. The molecule has 198 valence electrons. The Labute approximate surface area is 214 Å². The third-order valence-corrected chi connectivity index (χ3v) is 8.39. The lowest BCUT2D eigenvalue weighted by Gasteiger charge is -2.27. The van der Waals surface area contributed by atoms with Crippen LogP contribution < -0.4 is 20.7 Å². The van der Waals surface area contributed by atoms with E-state index in [1.807, 2.05) is 0 Å². The van der Waals surface area contributed by atoms with E-state index in [1.54, 1.807) is 18.3 Å². The molecule has 1 aliphatic carbocycles. The van der Waals surface area contributed by atoms with Crippen molar-refractivity contribution in [1.29, 1.82) is 0 Å². The van der Waals surface area contributed by atoms with Gasteiger partial charge in [-0.25, -0.2) is 18.1 Å². The molecule has 0 bridgehead atoms. The lowest BCUT2D eigenvalue weighted by atomic mass is 9.93. The molecular formula is C25H39N7O3S. The molecule has 36 heavy (non-hydrogen) atoms. The van der Waals surface area contributed by atoms with Crippen LogP contribution in [0.4, 0.5) is 11.8 Å². The van der Waals surface area contributed by atoms with E-state index in [-0.39, 0.29) is 17.0 Å². The van der Waals surface area contributed by atoms with Crippen molar-refractivity contribution in [2.24, 2.45) is 5.92 Å². The lowest BCUT2D eigenvalue weighted by molar-refractivity contribution is 0.126. The van der Waals surface area contributed by atoms with Gasteiger partial charge in [0.05, 0.1) is 17.4 Å².